The Morgan fingerprint density at radius 1 is 0.733 bits per heavy atom. The second-order valence-electron chi connectivity index (χ2n) is 6.46. The van der Waals surface area contributed by atoms with Crippen molar-refractivity contribution in [2.45, 2.75) is 6.61 Å². The summed E-state index contributed by atoms with van der Waals surface area (Å²) >= 11 is 24.6. The molecule has 0 saturated carbocycles. The molecule has 0 atom stereocenters. The number of aromatic nitrogens is 2. The molecule has 0 radical (unpaired) electrons. The summed E-state index contributed by atoms with van der Waals surface area (Å²) in [5, 5.41) is 2.34. The lowest BCUT2D eigenvalue weighted by Gasteiger charge is -2.13. The van der Waals surface area contributed by atoms with E-state index in [2.05, 4.69) is 9.97 Å². The molecule has 0 amide bonds. The van der Waals surface area contributed by atoms with E-state index in [0.717, 1.165) is 22.3 Å². The maximum atomic E-state index is 6.44. The van der Waals surface area contributed by atoms with Crippen molar-refractivity contribution in [2.24, 2.45) is 0 Å². The highest BCUT2D eigenvalue weighted by molar-refractivity contribution is 6.36. The molecule has 0 aliphatic heterocycles. The molecule has 3 aromatic carbocycles. The van der Waals surface area contributed by atoms with Crippen LogP contribution in [0.4, 0.5) is 0 Å². The van der Waals surface area contributed by atoms with Gasteiger partial charge < -0.3 is 4.74 Å². The van der Waals surface area contributed by atoms with Crippen LogP contribution in [0.25, 0.3) is 22.4 Å². The van der Waals surface area contributed by atoms with E-state index in [4.69, 9.17) is 51.1 Å². The predicted molar refractivity (Wildman–Crippen MR) is 124 cm³/mol. The number of hydrogen-bond donors (Lipinski definition) is 0. The molecule has 0 N–H and O–H groups in total. The summed E-state index contributed by atoms with van der Waals surface area (Å²) in [6, 6.07) is 20.4. The summed E-state index contributed by atoms with van der Waals surface area (Å²) in [6.45, 7) is 0.293. The Balaban J connectivity index is 1.74. The second-order valence-corrected chi connectivity index (χ2v) is 8.18. The third-order valence-electron chi connectivity index (χ3n) is 4.36. The van der Waals surface area contributed by atoms with Gasteiger partial charge >= 0.3 is 6.01 Å². The average molecular weight is 476 g/mol. The number of rotatable bonds is 5. The summed E-state index contributed by atoms with van der Waals surface area (Å²) in [7, 11) is 0. The van der Waals surface area contributed by atoms with Crippen molar-refractivity contribution >= 4 is 46.4 Å². The lowest BCUT2D eigenvalue weighted by molar-refractivity contribution is 0.281. The fourth-order valence-corrected chi connectivity index (χ4v) is 3.79. The molecular weight excluding hydrogens is 462 g/mol. The molecule has 4 rings (SSSR count). The Kier molecular flexibility index (Phi) is 6.45. The fraction of sp³-hybridized carbons (Fsp3) is 0.0435. The molecule has 1 aromatic heterocycles. The second kappa shape index (κ2) is 9.23. The Morgan fingerprint density at radius 2 is 1.47 bits per heavy atom. The van der Waals surface area contributed by atoms with E-state index in [1.165, 1.54) is 0 Å². The summed E-state index contributed by atoms with van der Waals surface area (Å²) < 4.78 is 5.81. The van der Waals surface area contributed by atoms with E-state index in [9.17, 15) is 0 Å². The minimum atomic E-state index is 0.244. The molecule has 0 unspecified atom stereocenters. The maximum absolute atomic E-state index is 6.44. The SMILES string of the molecule is Clc1ccc(-c2nc(OCc3cccc(Cl)c3)ncc2-c2ccc(Cl)cc2Cl)cc1. The van der Waals surface area contributed by atoms with Crippen LogP contribution < -0.4 is 4.74 Å². The van der Waals surface area contributed by atoms with E-state index >= 15 is 0 Å². The topological polar surface area (TPSA) is 35.0 Å². The van der Waals surface area contributed by atoms with E-state index in [1.54, 1.807) is 30.5 Å². The molecule has 0 spiro atoms. The van der Waals surface area contributed by atoms with Crippen LogP contribution in [0.15, 0.2) is 72.9 Å². The van der Waals surface area contributed by atoms with Crippen molar-refractivity contribution in [3.8, 4) is 28.4 Å². The van der Waals surface area contributed by atoms with Gasteiger partial charge in [-0.15, -0.1) is 0 Å². The lowest BCUT2D eigenvalue weighted by atomic mass is 10.0. The average Bonchev–Trinajstić information content (AvgIpc) is 2.73. The number of nitrogens with zero attached hydrogens (tertiary/aromatic N) is 2. The van der Waals surface area contributed by atoms with Crippen LogP contribution in [0, 0.1) is 0 Å². The van der Waals surface area contributed by atoms with Crippen LogP contribution >= 0.6 is 46.4 Å². The van der Waals surface area contributed by atoms with Crippen LogP contribution in [-0.2, 0) is 6.61 Å². The molecule has 0 bridgehead atoms. The standard InChI is InChI=1S/C23H14Cl4N2O/c24-16-6-4-15(5-7-16)22-20(19-9-8-18(26)11-21(19)27)12-28-23(29-22)30-13-14-2-1-3-17(25)10-14/h1-12H,13H2. The minimum absolute atomic E-state index is 0.244. The van der Waals surface area contributed by atoms with Crippen molar-refractivity contribution in [1.29, 1.82) is 0 Å². The Hall–Kier alpha value is -2.30. The summed E-state index contributed by atoms with van der Waals surface area (Å²) in [6.07, 6.45) is 1.69. The van der Waals surface area contributed by atoms with Crippen LogP contribution in [0.2, 0.25) is 20.1 Å². The van der Waals surface area contributed by atoms with Crippen molar-refractivity contribution < 1.29 is 4.74 Å². The maximum Gasteiger partial charge on any atom is 0.317 e. The molecule has 150 valence electrons. The number of benzene rings is 3. The van der Waals surface area contributed by atoms with Gasteiger partial charge in [0.15, 0.2) is 0 Å². The van der Waals surface area contributed by atoms with Gasteiger partial charge in [0.1, 0.15) is 6.61 Å². The number of ether oxygens (including phenoxy) is 1. The van der Waals surface area contributed by atoms with Gasteiger partial charge in [-0.3, -0.25) is 0 Å². The lowest BCUT2D eigenvalue weighted by Crippen LogP contribution is -2.02. The van der Waals surface area contributed by atoms with Crippen LogP contribution in [0.5, 0.6) is 6.01 Å². The van der Waals surface area contributed by atoms with Crippen molar-refractivity contribution in [1.82, 2.24) is 9.97 Å². The van der Waals surface area contributed by atoms with Gasteiger partial charge in [0.2, 0.25) is 0 Å². The van der Waals surface area contributed by atoms with E-state index in [1.807, 2.05) is 42.5 Å². The molecule has 4 aromatic rings. The monoisotopic (exact) mass is 474 g/mol. The highest BCUT2D eigenvalue weighted by atomic mass is 35.5. The largest absolute Gasteiger partial charge is 0.459 e. The highest BCUT2D eigenvalue weighted by Crippen LogP contribution is 2.36. The van der Waals surface area contributed by atoms with Gasteiger partial charge in [0.25, 0.3) is 0 Å². The summed E-state index contributed by atoms with van der Waals surface area (Å²) in [4.78, 5) is 9.02. The van der Waals surface area contributed by atoms with Crippen LogP contribution in [0.3, 0.4) is 0 Å². The first-order valence-corrected chi connectivity index (χ1v) is 10.5. The van der Waals surface area contributed by atoms with E-state index in [-0.39, 0.29) is 6.01 Å². The number of halogens is 4. The van der Waals surface area contributed by atoms with Crippen molar-refractivity contribution in [2.75, 3.05) is 0 Å². The van der Waals surface area contributed by atoms with Gasteiger partial charge in [0, 0.05) is 38.0 Å². The third-order valence-corrected chi connectivity index (χ3v) is 5.40. The zero-order chi connectivity index (χ0) is 21.1. The van der Waals surface area contributed by atoms with Gasteiger partial charge in [-0.1, -0.05) is 76.7 Å². The molecule has 0 saturated heterocycles. The molecule has 0 aliphatic rings. The quantitative estimate of drug-likeness (QED) is 0.293. The molecule has 30 heavy (non-hydrogen) atoms. The van der Waals surface area contributed by atoms with Crippen molar-refractivity contribution in [3.05, 3.63) is 98.6 Å². The van der Waals surface area contributed by atoms with Gasteiger partial charge in [-0.25, -0.2) is 4.98 Å². The smallest absolute Gasteiger partial charge is 0.317 e. The first-order chi connectivity index (χ1) is 14.5. The molecular formula is C23H14Cl4N2O. The van der Waals surface area contributed by atoms with Gasteiger partial charge in [0.05, 0.1) is 10.7 Å². The first kappa shape index (κ1) is 21.0. The van der Waals surface area contributed by atoms with E-state index < -0.39 is 0 Å². The molecule has 0 aliphatic carbocycles. The van der Waals surface area contributed by atoms with Crippen molar-refractivity contribution in [3.63, 3.8) is 0 Å². The zero-order valence-electron chi connectivity index (χ0n) is 15.4. The predicted octanol–water partition coefficient (Wildman–Crippen LogP) is 8.00. The zero-order valence-corrected chi connectivity index (χ0v) is 18.5. The fourth-order valence-electron chi connectivity index (χ4n) is 2.94. The van der Waals surface area contributed by atoms with Crippen LogP contribution in [0.1, 0.15) is 5.56 Å². The summed E-state index contributed by atoms with van der Waals surface area (Å²) in [5.41, 5.74) is 3.98. The molecule has 1 heterocycles. The molecule has 3 nitrogen and oxygen atoms in total. The molecule has 0 fully saturated rings. The minimum Gasteiger partial charge on any atom is -0.459 e. The Morgan fingerprint density at radius 3 is 2.20 bits per heavy atom. The number of hydrogen-bond acceptors (Lipinski definition) is 3. The normalized spacial score (nSPS) is 10.8. The van der Waals surface area contributed by atoms with E-state index in [0.29, 0.717) is 32.4 Å². The van der Waals surface area contributed by atoms with Crippen LogP contribution in [-0.4, -0.2) is 9.97 Å². The third kappa shape index (κ3) is 4.88. The van der Waals surface area contributed by atoms with Gasteiger partial charge in [-0.05, 0) is 42.0 Å². The Bertz CT molecular complexity index is 1200. The Labute approximate surface area is 194 Å². The summed E-state index contributed by atoms with van der Waals surface area (Å²) in [5.74, 6) is 0. The first-order valence-electron chi connectivity index (χ1n) is 8.95. The molecule has 7 heteroatoms. The highest BCUT2D eigenvalue weighted by Gasteiger charge is 2.15. The van der Waals surface area contributed by atoms with Gasteiger partial charge in [-0.2, -0.15) is 4.98 Å².